The SMILES string of the molecule is Cc1cn2c(CN(CC(C)O)C(C)C)c(C)nc2s1. The zero-order valence-corrected chi connectivity index (χ0v) is 13.2. The molecule has 4 nitrogen and oxygen atoms in total. The normalized spacial score (nSPS) is 13.9. The van der Waals surface area contributed by atoms with E-state index >= 15 is 0 Å². The maximum Gasteiger partial charge on any atom is 0.194 e. The van der Waals surface area contributed by atoms with Crippen molar-refractivity contribution in [3.63, 3.8) is 0 Å². The van der Waals surface area contributed by atoms with Gasteiger partial charge in [-0.3, -0.25) is 9.30 Å². The number of thiazole rings is 1. The van der Waals surface area contributed by atoms with Gasteiger partial charge in [0.25, 0.3) is 0 Å². The lowest BCUT2D eigenvalue weighted by Gasteiger charge is -2.27. The quantitative estimate of drug-likeness (QED) is 0.916. The van der Waals surface area contributed by atoms with Crippen LogP contribution in [0, 0.1) is 13.8 Å². The van der Waals surface area contributed by atoms with Crippen LogP contribution >= 0.6 is 11.3 Å². The third-order valence-electron chi connectivity index (χ3n) is 3.32. The standard InChI is InChI=1S/C14H23N3OS/c1-9(2)16(6-10(3)18)8-13-12(5)15-14-17(13)7-11(4)19-14/h7,9-10,18H,6,8H2,1-5H3. The molecule has 106 valence electrons. The van der Waals surface area contributed by atoms with Crippen LogP contribution in [0.25, 0.3) is 4.96 Å². The van der Waals surface area contributed by atoms with Gasteiger partial charge in [0.1, 0.15) is 0 Å². The Hall–Kier alpha value is -0.910. The summed E-state index contributed by atoms with van der Waals surface area (Å²) in [5.41, 5.74) is 2.32. The van der Waals surface area contributed by atoms with E-state index in [1.807, 2.05) is 6.92 Å². The molecular formula is C14H23N3OS. The average molecular weight is 281 g/mol. The van der Waals surface area contributed by atoms with Gasteiger partial charge in [-0.15, -0.1) is 11.3 Å². The molecule has 0 amide bonds. The van der Waals surface area contributed by atoms with E-state index in [0.717, 1.165) is 17.2 Å². The van der Waals surface area contributed by atoms with Crippen LogP contribution in [-0.4, -0.2) is 38.1 Å². The second kappa shape index (κ2) is 5.61. The van der Waals surface area contributed by atoms with Gasteiger partial charge >= 0.3 is 0 Å². The number of nitrogens with zero attached hydrogens (tertiary/aromatic N) is 3. The minimum absolute atomic E-state index is 0.310. The molecule has 2 aromatic rings. The first-order chi connectivity index (χ1) is 8.88. The Bertz CT molecular complexity index is 556. The van der Waals surface area contributed by atoms with Crippen molar-refractivity contribution in [2.24, 2.45) is 0 Å². The minimum atomic E-state index is -0.310. The molecule has 0 radical (unpaired) electrons. The van der Waals surface area contributed by atoms with Crippen molar-refractivity contribution in [2.45, 2.75) is 53.3 Å². The molecule has 2 heterocycles. The summed E-state index contributed by atoms with van der Waals surface area (Å²) in [4.78, 5) is 9.24. The summed E-state index contributed by atoms with van der Waals surface area (Å²) < 4.78 is 2.19. The van der Waals surface area contributed by atoms with Crippen LogP contribution in [0.2, 0.25) is 0 Å². The minimum Gasteiger partial charge on any atom is -0.392 e. The summed E-state index contributed by atoms with van der Waals surface area (Å²) in [6.45, 7) is 11.8. The van der Waals surface area contributed by atoms with Crippen molar-refractivity contribution in [2.75, 3.05) is 6.54 Å². The molecule has 1 N–H and O–H groups in total. The van der Waals surface area contributed by atoms with Crippen molar-refractivity contribution in [1.82, 2.24) is 14.3 Å². The monoisotopic (exact) mass is 281 g/mol. The summed E-state index contributed by atoms with van der Waals surface area (Å²) in [5.74, 6) is 0. The second-order valence-electron chi connectivity index (χ2n) is 5.51. The molecular weight excluding hydrogens is 258 g/mol. The maximum atomic E-state index is 9.62. The van der Waals surface area contributed by atoms with Crippen LogP contribution in [0.4, 0.5) is 0 Å². The van der Waals surface area contributed by atoms with Crippen LogP contribution in [0.5, 0.6) is 0 Å². The molecule has 0 bridgehead atoms. The van der Waals surface area contributed by atoms with Crippen molar-refractivity contribution in [1.29, 1.82) is 0 Å². The highest BCUT2D eigenvalue weighted by Crippen LogP contribution is 2.22. The summed E-state index contributed by atoms with van der Waals surface area (Å²) in [5, 5.41) is 9.62. The first-order valence-corrected chi connectivity index (χ1v) is 7.56. The van der Waals surface area contributed by atoms with Gasteiger partial charge in [0.05, 0.1) is 17.5 Å². The number of aryl methyl sites for hydroxylation is 2. The predicted molar refractivity (Wildman–Crippen MR) is 79.8 cm³/mol. The van der Waals surface area contributed by atoms with E-state index in [0.29, 0.717) is 12.6 Å². The number of hydrogen-bond donors (Lipinski definition) is 1. The van der Waals surface area contributed by atoms with E-state index in [4.69, 9.17) is 0 Å². The van der Waals surface area contributed by atoms with Crippen molar-refractivity contribution < 1.29 is 5.11 Å². The largest absolute Gasteiger partial charge is 0.392 e. The van der Waals surface area contributed by atoms with Crippen LogP contribution in [0.3, 0.4) is 0 Å². The molecule has 0 aromatic carbocycles. The van der Waals surface area contributed by atoms with E-state index in [2.05, 4.69) is 48.2 Å². The molecule has 0 saturated heterocycles. The van der Waals surface area contributed by atoms with Gasteiger partial charge in [0.2, 0.25) is 0 Å². The van der Waals surface area contributed by atoms with E-state index in [1.54, 1.807) is 11.3 Å². The summed E-state index contributed by atoms with van der Waals surface area (Å²) in [6, 6.07) is 0.402. The smallest absolute Gasteiger partial charge is 0.194 e. The van der Waals surface area contributed by atoms with Crippen LogP contribution < -0.4 is 0 Å². The molecule has 0 fully saturated rings. The molecule has 1 unspecified atom stereocenters. The number of imidazole rings is 1. The first-order valence-electron chi connectivity index (χ1n) is 6.74. The number of aliphatic hydroxyl groups excluding tert-OH is 1. The zero-order valence-electron chi connectivity index (χ0n) is 12.3. The Kier molecular flexibility index (Phi) is 4.28. The Morgan fingerprint density at radius 3 is 2.63 bits per heavy atom. The van der Waals surface area contributed by atoms with E-state index in [1.165, 1.54) is 10.6 Å². The van der Waals surface area contributed by atoms with Crippen LogP contribution in [-0.2, 0) is 6.54 Å². The molecule has 0 aliphatic heterocycles. The molecule has 0 spiro atoms. The Labute approximate surface area is 118 Å². The fourth-order valence-electron chi connectivity index (χ4n) is 2.29. The highest BCUT2D eigenvalue weighted by molar-refractivity contribution is 7.17. The molecule has 2 aromatic heterocycles. The molecule has 5 heteroatoms. The maximum absolute atomic E-state index is 9.62. The van der Waals surface area contributed by atoms with Crippen LogP contribution in [0.15, 0.2) is 6.20 Å². The van der Waals surface area contributed by atoms with Gasteiger partial charge in [0, 0.05) is 30.2 Å². The Morgan fingerprint density at radius 2 is 2.05 bits per heavy atom. The average Bonchev–Trinajstić information content (AvgIpc) is 2.75. The predicted octanol–water partition coefficient (Wildman–Crippen LogP) is 2.60. The fraction of sp³-hybridized carbons (Fsp3) is 0.643. The highest BCUT2D eigenvalue weighted by Gasteiger charge is 2.18. The third-order valence-corrected chi connectivity index (χ3v) is 4.22. The molecule has 1 atom stereocenters. The molecule has 0 saturated carbocycles. The summed E-state index contributed by atoms with van der Waals surface area (Å²) in [7, 11) is 0. The lowest BCUT2D eigenvalue weighted by atomic mass is 10.2. The molecule has 0 aliphatic carbocycles. The Morgan fingerprint density at radius 1 is 1.37 bits per heavy atom. The lowest BCUT2D eigenvalue weighted by molar-refractivity contribution is 0.101. The van der Waals surface area contributed by atoms with E-state index in [-0.39, 0.29) is 6.10 Å². The number of aromatic nitrogens is 2. The molecule has 0 aliphatic rings. The van der Waals surface area contributed by atoms with Crippen LogP contribution in [0.1, 0.15) is 37.0 Å². The number of hydrogen-bond acceptors (Lipinski definition) is 4. The van der Waals surface area contributed by atoms with E-state index in [9.17, 15) is 5.11 Å². The highest BCUT2D eigenvalue weighted by atomic mass is 32.1. The van der Waals surface area contributed by atoms with Gasteiger partial charge < -0.3 is 5.11 Å². The van der Waals surface area contributed by atoms with Crippen molar-refractivity contribution in [3.8, 4) is 0 Å². The Balaban J connectivity index is 2.29. The number of aliphatic hydroxyl groups is 1. The van der Waals surface area contributed by atoms with Gasteiger partial charge in [-0.05, 0) is 34.6 Å². The first kappa shape index (κ1) is 14.5. The number of rotatable bonds is 5. The lowest BCUT2D eigenvalue weighted by Crippen LogP contribution is -2.36. The second-order valence-corrected chi connectivity index (χ2v) is 6.72. The van der Waals surface area contributed by atoms with Crippen molar-refractivity contribution in [3.05, 3.63) is 22.5 Å². The molecule has 19 heavy (non-hydrogen) atoms. The van der Waals surface area contributed by atoms with Crippen molar-refractivity contribution >= 4 is 16.3 Å². The fourth-order valence-corrected chi connectivity index (χ4v) is 3.18. The summed E-state index contributed by atoms with van der Waals surface area (Å²) in [6.07, 6.45) is 1.84. The van der Waals surface area contributed by atoms with E-state index < -0.39 is 0 Å². The van der Waals surface area contributed by atoms with Gasteiger partial charge in [-0.1, -0.05) is 0 Å². The third kappa shape index (κ3) is 3.16. The summed E-state index contributed by atoms with van der Waals surface area (Å²) >= 11 is 1.72. The topological polar surface area (TPSA) is 40.8 Å². The van der Waals surface area contributed by atoms with Gasteiger partial charge in [-0.2, -0.15) is 0 Å². The van der Waals surface area contributed by atoms with Gasteiger partial charge in [0.15, 0.2) is 4.96 Å². The molecule has 2 rings (SSSR count). The zero-order chi connectivity index (χ0) is 14.2. The van der Waals surface area contributed by atoms with Gasteiger partial charge in [-0.25, -0.2) is 4.98 Å². The number of fused-ring (bicyclic) bond motifs is 1.